The maximum Gasteiger partial charge on any atom is 0.323 e. The number of hydrogen-bond donors (Lipinski definition) is 8. The van der Waals surface area contributed by atoms with Crippen LogP contribution in [0.3, 0.4) is 0 Å². The zero-order valence-corrected chi connectivity index (χ0v) is 29.8. The Morgan fingerprint density at radius 2 is 0.870 bits per heavy atom. The predicted octanol–water partition coefficient (Wildman–Crippen LogP) is 6.66. The summed E-state index contributed by atoms with van der Waals surface area (Å²) in [5.41, 5.74) is 2.57. The average Bonchev–Trinajstić information content (AvgIpc) is 3.09. The van der Waals surface area contributed by atoms with Crippen LogP contribution in [0.1, 0.15) is 31.8 Å². The van der Waals surface area contributed by atoms with E-state index >= 15 is 0 Å². The molecule has 276 valence electrons. The van der Waals surface area contributed by atoms with Gasteiger partial charge in [-0.1, -0.05) is 24.3 Å². The maximum absolute atomic E-state index is 13.2. The highest BCUT2D eigenvalue weighted by Gasteiger charge is 2.19. The van der Waals surface area contributed by atoms with E-state index in [1.807, 2.05) is 0 Å². The van der Waals surface area contributed by atoms with Crippen LogP contribution in [-0.4, -0.2) is 54.0 Å². The Balaban J connectivity index is 1.13. The number of amides is 4. The number of aromatic hydroxyl groups is 2. The highest BCUT2D eigenvalue weighted by atomic mass is 32.2. The molecule has 0 aliphatic rings. The van der Waals surface area contributed by atoms with Crippen molar-refractivity contribution >= 4 is 82.4 Å². The van der Waals surface area contributed by atoms with E-state index in [1.165, 1.54) is 60.7 Å². The van der Waals surface area contributed by atoms with E-state index in [4.69, 9.17) is 0 Å². The zero-order valence-electron chi connectivity index (χ0n) is 28.2. The number of nitrogens with one attached hydrogen (secondary N) is 4. The molecule has 0 aliphatic heterocycles. The number of hydrogen-bond acceptors (Lipinski definition) is 9. The number of carbonyl (C=O) groups is 3. The van der Waals surface area contributed by atoms with E-state index in [0.29, 0.717) is 22.5 Å². The fourth-order valence-corrected chi connectivity index (χ4v) is 6.81. The molecule has 0 fully saturated rings. The van der Waals surface area contributed by atoms with Gasteiger partial charge in [0.2, 0.25) is 0 Å². The van der Waals surface area contributed by atoms with Gasteiger partial charge >= 0.3 is 6.03 Å². The van der Waals surface area contributed by atoms with Gasteiger partial charge in [-0.2, -0.15) is 16.8 Å². The molecule has 0 unspecified atom stereocenters. The summed E-state index contributed by atoms with van der Waals surface area (Å²) in [4.78, 5) is 38.2. The molecule has 0 spiro atoms. The number of rotatable bonds is 8. The van der Waals surface area contributed by atoms with Gasteiger partial charge in [0, 0.05) is 67.6 Å². The minimum Gasteiger partial charge on any atom is -0.507 e. The molecule has 15 nitrogen and oxygen atoms in total. The normalized spacial score (nSPS) is 11.6. The summed E-state index contributed by atoms with van der Waals surface area (Å²) in [6.07, 6.45) is 0. The summed E-state index contributed by atoms with van der Waals surface area (Å²) >= 11 is 0. The first kappa shape index (κ1) is 37.2. The Hall–Kier alpha value is -6.53. The molecule has 0 heterocycles. The molecular weight excluding hydrogens is 741 g/mol. The number of aryl methyl sites for hydroxylation is 2. The maximum atomic E-state index is 13.2. The third-order valence-corrected chi connectivity index (χ3v) is 10.1. The summed E-state index contributed by atoms with van der Waals surface area (Å²) in [6.45, 7) is 3.33. The lowest BCUT2D eigenvalue weighted by molar-refractivity contribution is 0.101. The monoisotopic (exact) mass is 770 g/mol. The standard InChI is InChI=1S/C37H30N4O11S2/c1-19-13-21(35(44)38-31-7-3-5-25-27(31)15-23(17-33(25)42)53(47,48)49)9-11-29(19)40-37(46)41-30-12-10-22(14-20(30)2)36(45)39-32-8-4-6-26-28(32)16-24(18-34(26)43)54(50,51)52/h3-18,42-43H,1-2H3,(H,38,44)(H,39,45)(H2,40,41,46)(H,47,48,49)(H,50,51,52). The van der Waals surface area contributed by atoms with E-state index in [9.17, 15) is 50.5 Å². The first-order valence-corrected chi connectivity index (χ1v) is 18.7. The Labute approximate surface area is 307 Å². The highest BCUT2D eigenvalue weighted by Crippen LogP contribution is 2.35. The molecular formula is C37H30N4O11S2. The lowest BCUT2D eigenvalue weighted by Crippen LogP contribution is -2.21. The number of fused-ring (bicyclic) bond motifs is 2. The lowest BCUT2D eigenvalue weighted by atomic mass is 10.1. The Kier molecular flexibility index (Phi) is 9.74. The van der Waals surface area contributed by atoms with Crippen LogP contribution in [0.15, 0.2) is 107 Å². The molecule has 0 bridgehead atoms. The van der Waals surface area contributed by atoms with Crippen LogP contribution in [0.5, 0.6) is 11.5 Å². The third kappa shape index (κ3) is 7.79. The summed E-state index contributed by atoms with van der Waals surface area (Å²) < 4.78 is 65.7. The average molecular weight is 771 g/mol. The van der Waals surface area contributed by atoms with Gasteiger partial charge in [-0.15, -0.1) is 0 Å². The van der Waals surface area contributed by atoms with Crippen molar-refractivity contribution in [2.24, 2.45) is 0 Å². The summed E-state index contributed by atoms with van der Waals surface area (Å²) in [5.74, 6) is -1.95. The Morgan fingerprint density at radius 3 is 1.22 bits per heavy atom. The molecule has 0 saturated carbocycles. The van der Waals surface area contributed by atoms with Crippen molar-refractivity contribution < 1.29 is 50.5 Å². The number of phenols is 2. The minimum absolute atomic E-state index is 0.178. The zero-order chi connectivity index (χ0) is 39.1. The van der Waals surface area contributed by atoms with Crippen LogP contribution in [0.4, 0.5) is 27.5 Å². The summed E-state index contributed by atoms with van der Waals surface area (Å²) in [6, 6.07) is 21.6. The molecule has 54 heavy (non-hydrogen) atoms. The number of benzene rings is 6. The van der Waals surface area contributed by atoms with E-state index in [0.717, 1.165) is 24.3 Å². The molecule has 0 aliphatic carbocycles. The second-order valence-electron chi connectivity index (χ2n) is 12.2. The smallest absolute Gasteiger partial charge is 0.323 e. The van der Waals surface area contributed by atoms with Gasteiger partial charge in [0.05, 0.1) is 9.79 Å². The quantitative estimate of drug-likeness (QED) is 0.0760. The molecule has 17 heteroatoms. The molecule has 0 radical (unpaired) electrons. The first-order valence-electron chi connectivity index (χ1n) is 15.8. The van der Waals surface area contributed by atoms with Crippen LogP contribution in [0.2, 0.25) is 0 Å². The van der Waals surface area contributed by atoms with Crippen molar-refractivity contribution in [2.75, 3.05) is 21.3 Å². The minimum atomic E-state index is -4.64. The van der Waals surface area contributed by atoms with Gasteiger partial charge in [-0.25, -0.2) is 4.79 Å². The number of urea groups is 1. The van der Waals surface area contributed by atoms with Crippen LogP contribution in [0, 0.1) is 13.8 Å². The second-order valence-corrected chi connectivity index (χ2v) is 15.0. The molecule has 4 amide bonds. The molecule has 0 atom stereocenters. The van der Waals surface area contributed by atoms with E-state index in [2.05, 4.69) is 21.3 Å². The lowest BCUT2D eigenvalue weighted by Gasteiger charge is -2.14. The second kappa shape index (κ2) is 14.1. The molecule has 6 aromatic rings. The Morgan fingerprint density at radius 1 is 0.481 bits per heavy atom. The van der Waals surface area contributed by atoms with Gasteiger partial charge in [0.15, 0.2) is 0 Å². The van der Waals surface area contributed by atoms with Crippen LogP contribution in [-0.2, 0) is 20.2 Å². The van der Waals surface area contributed by atoms with Crippen molar-refractivity contribution in [2.45, 2.75) is 23.6 Å². The van der Waals surface area contributed by atoms with Crippen LogP contribution < -0.4 is 21.3 Å². The van der Waals surface area contributed by atoms with E-state index < -0.39 is 59.4 Å². The van der Waals surface area contributed by atoms with Gasteiger partial charge in [-0.05, 0) is 85.6 Å². The predicted molar refractivity (Wildman–Crippen MR) is 202 cm³/mol. The van der Waals surface area contributed by atoms with Crippen molar-refractivity contribution in [3.8, 4) is 11.5 Å². The van der Waals surface area contributed by atoms with Gasteiger partial charge < -0.3 is 31.5 Å². The highest BCUT2D eigenvalue weighted by molar-refractivity contribution is 7.86. The Bertz CT molecular complexity index is 2600. The summed E-state index contributed by atoms with van der Waals surface area (Å²) in [5, 5.41) is 32.3. The number of anilines is 4. The van der Waals surface area contributed by atoms with Crippen molar-refractivity contribution in [3.05, 3.63) is 119 Å². The van der Waals surface area contributed by atoms with Crippen molar-refractivity contribution in [1.82, 2.24) is 0 Å². The van der Waals surface area contributed by atoms with Crippen LogP contribution in [0.25, 0.3) is 21.5 Å². The first-order chi connectivity index (χ1) is 25.4. The number of phenolic OH excluding ortho intramolecular Hbond substituents is 2. The largest absolute Gasteiger partial charge is 0.507 e. The van der Waals surface area contributed by atoms with Crippen molar-refractivity contribution in [1.29, 1.82) is 0 Å². The van der Waals surface area contributed by atoms with E-state index in [-0.39, 0.29) is 44.0 Å². The van der Waals surface area contributed by atoms with Gasteiger partial charge in [0.25, 0.3) is 32.1 Å². The fraction of sp³-hybridized carbons (Fsp3) is 0.0541. The van der Waals surface area contributed by atoms with Crippen molar-refractivity contribution in [3.63, 3.8) is 0 Å². The SMILES string of the molecule is Cc1cc(C(=O)Nc2cccc3c(O)cc(S(=O)(=O)O)cc23)ccc1NC(=O)Nc1ccc(C(=O)Nc2cccc3c(O)cc(S(=O)(=O)O)cc23)cc1C. The molecule has 6 rings (SSSR count). The van der Waals surface area contributed by atoms with Crippen LogP contribution >= 0.6 is 0 Å². The van der Waals surface area contributed by atoms with Gasteiger partial charge in [0.1, 0.15) is 11.5 Å². The van der Waals surface area contributed by atoms with E-state index in [1.54, 1.807) is 26.0 Å². The summed E-state index contributed by atoms with van der Waals surface area (Å²) in [7, 11) is -9.28. The molecule has 6 aromatic carbocycles. The number of carbonyl (C=O) groups excluding carboxylic acids is 3. The molecule has 8 N–H and O–H groups in total. The molecule has 0 saturated heterocycles. The fourth-order valence-electron chi connectivity index (χ4n) is 5.75. The molecule has 0 aromatic heterocycles. The third-order valence-electron chi connectivity index (χ3n) is 8.46. The topological polar surface area (TPSA) is 249 Å². The van der Waals surface area contributed by atoms with Gasteiger partial charge in [-0.3, -0.25) is 18.7 Å².